The summed E-state index contributed by atoms with van der Waals surface area (Å²) in [5.41, 5.74) is 2.09. The number of aromatic nitrogens is 1. The number of amides is 1. The largest absolute Gasteiger partial charge is 0.335 e. The van der Waals surface area contributed by atoms with Crippen LogP contribution in [-0.2, 0) is 0 Å². The number of carbonyl (C=O) groups is 2. The number of fused-ring (bicyclic) bond motifs is 3. The molecule has 1 aromatic carbocycles. The molecule has 0 atom stereocenters. The van der Waals surface area contributed by atoms with Gasteiger partial charge >= 0.3 is 0 Å². The summed E-state index contributed by atoms with van der Waals surface area (Å²) in [6.07, 6.45) is 0. The minimum Gasteiger partial charge on any atom is -0.335 e. The van der Waals surface area contributed by atoms with E-state index in [2.05, 4.69) is 0 Å². The van der Waals surface area contributed by atoms with Gasteiger partial charge < -0.3 is 9.47 Å². The topological polar surface area (TPSA) is 42.3 Å². The molecule has 1 aromatic heterocycles. The maximum absolute atomic E-state index is 12.4. The lowest BCUT2D eigenvalue weighted by atomic mass is 10.0. The molecule has 0 aliphatic carbocycles. The van der Waals surface area contributed by atoms with E-state index < -0.39 is 0 Å². The number of para-hydroxylation sites is 1. The molecule has 0 N–H and O–H groups in total. The van der Waals surface area contributed by atoms with Gasteiger partial charge in [-0.1, -0.05) is 18.2 Å². The average molecular weight is 256 g/mol. The zero-order valence-electron chi connectivity index (χ0n) is 11.3. The molecule has 1 aliphatic rings. The second kappa shape index (κ2) is 3.95. The first kappa shape index (κ1) is 12.0. The van der Waals surface area contributed by atoms with E-state index in [-0.39, 0.29) is 24.3 Å². The molecular formula is C15H16N2O2. The van der Waals surface area contributed by atoms with Crippen molar-refractivity contribution < 1.29 is 9.59 Å². The monoisotopic (exact) mass is 256 g/mol. The molecule has 0 saturated carbocycles. The van der Waals surface area contributed by atoms with Crippen LogP contribution in [-0.4, -0.2) is 34.7 Å². The molecule has 0 unspecified atom stereocenters. The Hall–Kier alpha value is -2.10. The molecule has 1 aliphatic heterocycles. The maximum atomic E-state index is 12.4. The molecule has 2 aromatic rings. The Balaban J connectivity index is 2.47. The zero-order chi connectivity index (χ0) is 13.7. The Morgan fingerprint density at radius 2 is 1.84 bits per heavy atom. The Labute approximate surface area is 111 Å². The molecule has 0 spiro atoms. The van der Waals surface area contributed by atoms with Crippen LogP contribution >= 0.6 is 0 Å². The van der Waals surface area contributed by atoms with E-state index in [1.807, 2.05) is 42.7 Å². The summed E-state index contributed by atoms with van der Waals surface area (Å²) in [7, 11) is 1.67. The lowest BCUT2D eigenvalue weighted by Gasteiger charge is -2.24. The van der Waals surface area contributed by atoms with Crippen LogP contribution in [0.15, 0.2) is 24.3 Å². The van der Waals surface area contributed by atoms with E-state index in [0.29, 0.717) is 11.3 Å². The molecule has 2 heterocycles. The number of rotatable bonds is 1. The highest BCUT2D eigenvalue weighted by atomic mass is 16.2. The van der Waals surface area contributed by atoms with E-state index in [1.54, 1.807) is 7.05 Å². The lowest BCUT2D eigenvalue weighted by molar-refractivity contribution is 0.0716. The third kappa shape index (κ3) is 1.52. The number of benzene rings is 1. The number of Topliss-reactive ketones (excluding diaryl/α,β-unsaturated/α-hetero) is 1. The number of likely N-dealkylation sites (N-methyl/N-ethyl adjacent to an activating group) is 1. The molecule has 4 nitrogen and oxygen atoms in total. The Morgan fingerprint density at radius 1 is 1.16 bits per heavy atom. The SMILES string of the molecule is CC(C)n1c2c(c3ccccc31)C(=O)N(C)CC2=O. The number of nitrogens with zero attached hydrogens (tertiary/aromatic N) is 2. The summed E-state index contributed by atoms with van der Waals surface area (Å²) in [5, 5.41) is 0.871. The molecular weight excluding hydrogens is 240 g/mol. The summed E-state index contributed by atoms with van der Waals surface area (Å²) in [4.78, 5) is 26.2. The fraction of sp³-hybridized carbons (Fsp3) is 0.333. The van der Waals surface area contributed by atoms with Crippen LogP contribution in [0.25, 0.3) is 10.9 Å². The number of carbonyl (C=O) groups excluding carboxylic acids is 2. The molecule has 0 radical (unpaired) electrons. The highest BCUT2D eigenvalue weighted by molar-refractivity contribution is 6.20. The number of ketones is 1. The average Bonchev–Trinajstić information content (AvgIpc) is 2.71. The first-order valence-electron chi connectivity index (χ1n) is 6.44. The Kier molecular flexibility index (Phi) is 2.49. The van der Waals surface area contributed by atoms with E-state index in [9.17, 15) is 9.59 Å². The fourth-order valence-corrected chi connectivity index (χ4v) is 2.84. The summed E-state index contributed by atoms with van der Waals surface area (Å²) >= 11 is 0. The first-order chi connectivity index (χ1) is 9.02. The highest BCUT2D eigenvalue weighted by Gasteiger charge is 2.34. The van der Waals surface area contributed by atoms with Gasteiger partial charge in [0.25, 0.3) is 5.91 Å². The van der Waals surface area contributed by atoms with Crippen molar-refractivity contribution >= 4 is 22.6 Å². The van der Waals surface area contributed by atoms with Crippen molar-refractivity contribution in [2.75, 3.05) is 13.6 Å². The van der Waals surface area contributed by atoms with Crippen molar-refractivity contribution in [2.45, 2.75) is 19.9 Å². The molecule has 0 bridgehead atoms. The second-order valence-corrected chi connectivity index (χ2v) is 5.29. The summed E-state index contributed by atoms with van der Waals surface area (Å²) in [5.74, 6) is -0.0489. The van der Waals surface area contributed by atoms with Crippen LogP contribution in [0.4, 0.5) is 0 Å². The Morgan fingerprint density at radius 3 is 2.53 bits per heavy atom. The zero-order valence-corrected chi connectivity index (χ0v) is 11.3. The minimum atomic E-state index is -0.0646. The van der Waals surface area contributed by atoms with Gasteiger partial charge in [0.15, 0.2) is 5.78 Å². The van der Waals surface area contributed by atoms with Crippen LogP contribution < -0.4 is 0 Å². The van der Waals surface area contributed by atoms with Crippen LogP contribution in [0.5, 0.6) is 0 Å². The molecule has 0 fully saturated rings. The van der Waals surface area contributed by atoms with Crippen LogP contribution in [0.3, 0.4) is 0 Å². The van der Waals surface area contributed by atoms with Crippen LogP contribution in [0.2, 0.25) is 0 Å². The van der Waals surface area contributed by atoms with E-state index in [4.69, 9.17) is 0 Å². The molecule has 3 rings (SSSR count). The standard InChI is InChI=1S/C15H16N2O2/c1-9(2)17-11-7-5-4-6-10(11)13-14(17)12(18)8-16(3)15(13)19/h4-7,9H,8H2,1-3H3. The van der Waals surface area contributed by atoms with E-state index in [0.717, 1.165) is 10.9 Å². The smallest absolute Gasteiger partial charge is 0.256 e. The van der Waals surface area contributed by atoms with Gasteiger partial charge in [0, 0.05) is 24.0 Å². The van der Waals surface area contributed by atoms with Gasteiger partial charge in [-0.05, 0) is 19.9 Å². The van der Waals surface area contributed by atoms with Gasteiger partial charge in [0.05, 0.1) is 12.1 Å². The molecule has 98 valence electrons. The minimum absolute atomic E-state index is 0.0157. The summed E-state index contributed by atoms with van der Waals surface area (Å²) in [6, 6.07) is 7.87. The predicted molar refractivity (Wildman–Crippen MR) is 73.6 cm³/mol. The Bertz CT molecular complexity index is 697. The number of hydrogen-bond acceptors (Lipinski definition) is 2. The summed E-state index contributed by atoms with van der Waals surface area (Å²) in [6.45, 7) is 4.22. The van der Waals surface area contributed by atoms with Crippen molar-refractivity contribution in [3.05, 3.63) is 35.5 Å². The van der Waals surface area contributed by atoms with E-state index >= 15 is 0 Å². The van der Waals surface area contributed by atoms with Crippen LogP contribution in [0.1, 0.15) is 40.7 Å². The third-order valence-corrected chi connectivity index (χ3v) is 3.63. The van der Waals surface area contributed by atoms with Crippen molar-refractivity contribution in [2.24, 2.45) is 0 Å². The van der Waals surface area contributed by atoms with Gasteiger partial charge in [-0.15, -0.1) is 0 Å². The van der Waals surface area contributed by atoms with Gasteiger partial charge in [-0.3, -0.25) is 9.59 Å². The molecule has 1 amide bonds. The molecule has 19 heavy (non-hydrogen) atoms. The van der Waals surface area contributed by atoms with E-state index in [1.165, 1.54) is 4.90 Å². The quantitative estimate of drug-likeness (QED) is 0.786. The van der Waals surface area contributed by atoms with Crippen molar-refractivity contribution in [3.63, 3.8) is 0 Å². The normalized spacial score (nSPS) is 15.5. The maximum Gasteiger partial charge on any atom is 0.256 e. The van der Waals surface area contributed by atoms with Gasteiger partial charge in [0.1, 0.15) is 5.69 Å². The highest BCUT2D eigenvalue weighted by Crippen LogP contribution is 2.32. The van der Waals surface area contributed by atoms with Crippen molar-refractivity contribution in [1.82, 2.24) is 9.47 Å². The third-order valence-electron chi connectivity index (χ3n) is 3.63. The number of hydrogen-bond donors (Lipinski definition) is 0. The first-order valence-corrected chi connectivity index (χ1v) is 6.44. The molecule has 4 heteroatoms. The van der Waals surface area contributed by atoms with Crippen LogP contribution in [0, 0.1) is 0 Å². The van der Waals surface area contributed by atoms with Gasteiger partial charge in [0.2, 0.25) is 0 Å². The molecule has 0 saturated heterocycles. The predicted octanol–water partition coefficient (Wildman–Crippen LogP) is 2.49. The second-order valence-electron chi connectivity index (χ2n) is 5.29. The van der Waals surface area contributed by atoms with Gasteiger partial charge in [-0.25, -0.2) is 0 Å². The van der Waals surface area contributed by atoms with Gasteiger partial charge in [-0.2, -0.15) is 0 Å². The fourth-order valence-electron chi connectivity index (χ4n) is 2.84. The van der Waals surface area contributed by atoms with Crippen molar-refractivity contribution in [3.8, 4) is 0 Å². The van der Waals surface area contributed by atoms with Crippen molar-refractivity contribution in [1.29, 1.82) is 0 Å². The summed E-state index contributed by atoms with van der Waals surface area (Å²) < 4.78 is 1.98. The lowest BCUT2D eigenvalue weighted by Crippen LogP contribution is -2.39.